The highest BCUT2D eigenvalue weighted by Gasteiger charge is 2.36. The van der Waals surface area contributed by atoms with Crippen LogP contribution in [-0.2, 0) is 16.3 Å². The number of pyridine rings is 1. The summed E-state index contributed by atoms with van der Waals surface area (Å²) in [6.07, 6.45) is 10.1. The molecule has 0 aliphatic carbocycles. The van der Waals surface area contributed by atoms with E-state index in [1.165, 1.54) is 31.2 Å². The van der Waals surface area contributed by atoms with Crippen LogP contribution in [0.25, 0.3) is 0 Å². The number of carbonyl (C=O) groups is 1. The molecule has 2 aromatic rings. The topological polar surface area (TPSA) is 64.1 Å². The molecule has 0 radical (unpaired) electrons. The van der Waals surface area contributed by atoms with E-state index in [1.807, 2.05) is 18.5 Å². The maximum Gasteiger partial charge on any atom is 0.175 e. The first-order valence-electron chi connectivity index (χ1n) is 10.9. The molecule has 1 fully saturated rings. The van der Waals surface area contributed by atoms with Crippen molar-refractivity contribution in [3.63, 3.8) is 0 Å². The number of carbonyl (C=O) groups excluding carboxylic acids is 1. The van der Waals surface area contributed by atoms with Crippen molar-refractivity contribution in [1.82, 2.24) is 4.98 Å². The molecular formula is C24H33N2O3S+. The number of piperidine rings is 1. The average molecular weight is 430 g/mol. The van der Waals surface area contributed by atoms with Gasteiger partial charge in [-0.25, -0.2) is 8.42 Å². The van der Waals surface area contributed by atoms with Gasteiger partial charge in [-0.1, -0.05) is 31.5 Å². The van der Waals surface area contributed by atoms with Crippen molar-refractivity contribution >= 4 is 15.6 Å². The van der Waals surface area contributed by atoms with Crippen molar-refractivity contribution in [2.24, 2.45) is 5.92 Å². The Bertz CT molecular complexity index is 932. The van der Waals surface area contributed by atoms with Gasteiger partial charge in [0, 0.05) is 49.4 Å². The summed E-state index contributed by atoms with van der Waals surface area (Å²) in [6, 6.07) is 10.5. The molecule has 5 nitrogen and oxygen atoms in total. The summed E-state index contributed by atoms with van der Waals surface area (Å²) >= 11 is 0. The highest BCUT2D eigenvalue weighted by molar-refractivity contribution is 7.90. The van der Waals surface area contributed by atoms with E-state index in [0.29, 0.717) is 5.56 Å². The average Bonchev–Trinajstić information content (AvgIpc) is 2.77. The third-order valence-electron chi connectivity index (χ3n) is 6.43. The number of hydrogen-bond donors (Lipinski definition) is 0. The number of rotatable bonds is 9. The summed E-state index contributed by atoms with van der Waals surface area (Å²) in [4.78, 5) is 17.5. The number of likely N-dealkylation sites (tertiary alicyclic amines) is 1. The summed E-state index contributed by atoms with van der Waals surface area (Å²) in [6.45, 7) is 6.54. The zero-order chi connectivity index (χ0) is 21.6. The Kier molecular flexibility index (Phi) is 7.42. The van der Waals surface area contributed by atoms with Crippen LogP contribution in [0.1, 0.15) is 48.5 Å². The molecule has 1 saturated heterocycles. The quantitative estimate of drug-likeness (QED) is 0.447. The monoisotopic (exact) mass is 429 g/mol. The predicted octanol–water partition coefficient (Wildman–Crippen LogP) is 3.94. The van der Waals surface area contributed by atoms with Gasteiger partial charge in [-0.15, -0.1) is 0 Å². The van der Waals surface area contributed by atoms with Gasteiger partial charge in [-0.3, -0.25) is 9.78 Å². The van der Waals surface area contributed by atoms with Crippen LogP contribution in [0.15, 0.2) is 53.7 Å². The number of ketones is 1. The molecule has 1 aromatic carbocycles. The van der Waals surface area contributed by atoms with Crippen LogP contribution in [-0.4, -0.2) is 56.1 Å². The molecule has 1 aromatic heterocycles. The molecule has 0 N–H and O–H groups in total. The van der Waals surface area contributed by atoms with E-state index in [9.17, 15) is 13.2 Å². The van der Waals surface area contributed by atoms with Gasteiger partial charge in [0.25, 0.3) is 0 Å². The van der Waals surface area contributed by atoms with E-state index in [0.717, 1.165) is 43.4 Å². The van der Waals surface area contributed by atoms with Crippen LogP contribution in [0.5, 0.6) is 0 Å². The van der Waals surface area contributed by atoms with Gasteiger partial charge in [-0.05, 0) is 30.2 Å². The summed E-state index contributed by atoms with van der Waals surface area (Å²) in [7, 11) is -3.24. The first-order chi connectivity index (χ1) is 14.3. The van der Waals surface area contributed by atoms with Crippen LogP contribution in [0.3, 0.4) is 0 Å². The molecule has 2 heterocycles. The molecule has 30 heavy (non-hydrogen) atoms. The Morgan fingerprint density at radius 1 is 1.10 bits per heavy atom. The molecule has 0 amide bonds. The SMILES string of the molecule is CCCC[N+]1(CCc2cccnc2)CCC(C(=O)c2ccc(S(C)(=O)=O)cc2)CC1. The van der Waals surface area contributed by atoms with Gasteiger partial charge >= 0.3 is 0 Å². The standard InChI is InChI=1S/C24H33N2O3S/c1-3-4-15-26(16-11-20-6-5-14-25-19-20)17-12-22(13-18-26)24(27)21-7-9-23(10-8-21)30(2,28)29/h5-10,14,19,22H,3-4,11-13,15-18H2,1-2H3/q+1. The number of unbranched alkanes of at least 4 members (excludes halogenated alkanes) is 1. The van der Waals surface area contributed by atoms with Crippen molar-refractivity contribution in [1.29, 1.82) is 0 Å². The van der Waals surface area contributed by atoms with Crippen molar-refractivity contribution in [2.75, 3.05) is 32.4 Å². The minimum absolute atomic E-state index is 0.0281. The van der Waals surface area contributed by atoms with Crippen molar-refractivity contribution in [3.8, 4) is 0 Å². The lowest BCUT2D eigenvalue weighted by Crippen LogP contribution is -2.55. The van der Waals surface area contributed by atoms with Crippen LogP contribution < -0.4 is 0 Å². The van der Waals surface area contributed by atoms with E-state index in [4.69, 9.17) is 0 Å². The number of sulfone groups is 1. The molecule has 3 rings (SSSR count). The number of aromatic nitrogens is 1. The predicted molar refractivity (Wildman–Crippen MR) is 119 cm³/mol. The van der Waals surface area contributed by atoms with Crippen molar-refractivity contribution in [2.45, 2.75) is 43.9 Å². The Morgan fingerprint density at radius 3 is 2.37 bits per heavy atom. The van der Waals surface area contributed by atoms with E-state index < -0.39 is 9.84 Å². The summed E-state index contributed by atoms with van der Waals surface area (Å²) < 4.78 is 24.4. The first kappa shape index (κ1) is 22.6. The lowest BCUT2D eigenvalue weighted by molar-refractivity contribution is -0.933. The highest BCUT2D eigenvalue weighted by Crippen LogP contribution is 2.28. The summed E-state index contributed by atoms with van der Waals surface area (Å²) in [5.41, 5.74) is 1.90. The van der Waals surface area contributed by atoms with Crippen molar-refractivity contribution in [3.05, 3.63) is 59.9 Å². The second-order valence-corrected chi connectivity index (χ2v) is 10.7. The fraction of sp³-hybridized carbons (Fsp3) is 0.500. The van der Waals surface area contributed by atoms with Crippen LogP contribution >= 0.6 is 0 Å². The third kappa shape index (κ3) is 5.76. The summed E-state index contributed by atoms with van der Waals surface area (Å²) in [5.74, 6) is 0.177. The zero-order valence-electron chi connectivity index (χ0n) is 18.1. The lowest BCUT2D eigenvalue weighted by Gasteiger charge is -2.44. The molecule has 0 bridgehead atoms. The number of benzene rings is 1. The third-order valence-corrected chi connectivity index (χ3v) is 7.55. The Labute approximate surface area is 180 Å². The number of quaternary nitrogens is 1. The van der Waals surface area contributed by atoms with E-state index in [2.05, 4.69) is 18.0 Å². The van der Waals surface area contributed by atoms with Gasteiger partial charge < -0.3 is 4.48 Å². The number of hydrogen-bond acceptors (Lipinski definition) is 4. The largest absolute Gasteiger partial charge is 0.323 e. The number of Topliss-reactive ketones (excluding diaryl/α,β-unsaturated/α-hetero) is 1. The Balaban J connectivity index is 1.64. The van der Waals surface area contributed by atoms with Gasteiger partial charge in [0.15, 0.2) is 15.6 Å². The van der Waals surface area contributed by atoms with E-state index in [1.54, 1.807) is 24.3 Å². The second kappa shape index (κ2) is 9.84. The van der Waals surface area contributed by atoms with Gasteiger partial charge in [0.1, 0.15) is 0 Å². The lowest BCUT2D eigenvalue weighted by atomic mass is 9.87. The highest BCUT2D eigenvalue weighted by atomic mass is 32.2. The molecule has 6 heteroatoms. The minimum Gasteiger partial charge on any atom is -0.323 e. The fourth-order valence-electron chi connectivity index (χ4n) is 4.44. The molecule has 1 aliphatic rings. The minimum atomic E-state index is -3.24. The smallest absolute Gasteiger partial charge is 0.175 e. The molecule has 0 saturated carbocycles. The summed E-state index contributed by atoms with van der Waals surface area (Å²) in [5, 5.41) is 0. The normalized spacial score (nSPS) is 22.0. The molecule has 0 spiro atoms. The Morgan fingerprint density at radius 2 is 1.80 bits per heavy atom. The molecule has 0 unspecified atom stereocenters. The molecule has 0 atom stereocenters. The Hall–Kier alpha value is -2.05. The van der Waals surface area contributed by atoms with E-state index in [-0.39, 0.29) is 16.6 Å². The van der Waals surface area contributed by atoms with Gasteiger partial charge in [0.2, 0.25) is 0 Å². The van der Waals surface area contributed by atoms with Crippen molar-refractivity contribution < 1.29 is 17.7 Å². The maximum atomic E-state index is 13.0. The van der Waals surface area contributed by atoms with E-state index >= 15 is 0 Å². The van der Waals surface area contributed by atoms with Crippen LogP contribution in [0.2, 0.25) is 0 Å². The molecular weight excluding hydrogens is 396 g/mol. The maximum absolute atomic E-state index is 13.0. The zero-order valence-corrected chi connectivity index (χ0v) is 18.9. The van der Waals surface area contributed by atoms with Gasteiger partial charge in [0.05, 0.1) is 31.1 Å². The molecule has 162 valence electrons. The first-order valence-corrected chi connectivity index (χ1v) is 12.8. The van der Waals surface area contributed by atoms with Gasteiger partial charge in [-0.2, -0.15) is 0 Å². The van der Waals surface area contributed by atoms with Crippen LogP contribution in [0, 0.1) is 5.92 Å². The number of nitrogens with zero attached hydrogens (tertiary/aromatic N) is 2. The molecule has 1 aliphatic heterocycles. The second-order valence-electron chi connectivity index (χ2n) is 8.64. The fourth-order valence-corrected chi connectivity index (χ4v) is 5.08. The van der Waals surface area contributed by atoms with Crippen LogP contribution in [0.4, 0.5) is 0 Å².